The molecule has 4 nitrogen and oxygen atoms in total. The van der Waals surface area contributed by atoms with Crippen molar-refractivity contribution in [1.82, 2.24) is 9.97 Å². The highest BCUT2D eigenvalue weighted by Gasteiger charge is 2.03. The van der Waals surface area contributed by atoms with Crippen molar-refractivity contribution in [3.63, 3.8) is 0 Å². The molecule has 0 fully saturated rings. The monoisotopic (exact) mass is 290 g/mol. The lowest BCUT2D eigenvalue weighted by Gasteiger charge is -2.10. The minimum absolute atomic E-state index is 0.584. The Balaban J connectivity index is 1.82. The summed E-state index contributed by atoms with van der Waals surface area (Å²) in [6.45, 7) is 4.03. The molecule has 4 heteroatoms. The number of hydrogen-bond donors (Lipinski definition) is 2. The van der Waals surface area contributed by atoms with Gasteiger partial charge in [-0.3, -0.25) is 0 Å². The van der Waals surface area contributed by atoms with Gasteiger partial charge in [-0.15, -0.1) is 0 Å². The zero-order valence-corrected chi connectivity index (χ0v) is 12.7. The van der Waals surface area contributed by atoms with E-state index in [1.165, 1.54) is 5.56 Å². The molecule has 0 aliphatic carbocycles. The molecule has 0 aliphatic heterocycles. The molecule has 2 N–H and O–H groups in total. The quantitative estimate of drug-likeness (QED) is 0.738. The van der Waals surface area contributed by atoms with Gasteiger partial charge in [-0.2, -0.15) is 4.98 Å². The van der Waals surface area contributed by atoms with Crippen LogP contribution in [0.15, 0.2) is 60.7 Å². The van der Waals surface area contributed by atoms with E-state index in [1.807, 2.05) is 55.5 Å². The van der Waals surface area contributed by atoms with Gasteiger partial charge in [0.2, 0.25) is 5.95 Å². The van der Waals surface area contributed by atoms with Gasteiger partial charge in [-0.25, -0.2) is 4.98 Å². The van der Waals surface area contributed by atoms with E-state index in [-0.39, 0.29) is 0 Å². The summed E-state index contributed by atoms with van der Waals surface area (Å²) in [5.74, 6) is 1.36. The molecule has 22 heavy (non-hydrogen) atoms. The SMILES string of the molecule is Cc1ccc(Nc2cc(C)nc(Nc3ccccc3)n2)cc1. The van der Waals surface area contributed by atoms with Crippen molar-refractivity contribution in [3.05, 3.63) is 71.9 Å². The lowest BCUT2D eigenvalue weighted by atomic mass is 10.2. The van der Waals surface area contributed by atoms with Crippen LogP contribution in [0.1, 0.15) is 11.3 Å². The van der Waals surface area contributed by atoms with E-state index in [4.69, 9.17) is 0 Å². The minimum atomic E-state index is 0.584. The Morgan fingerprint density at radius 1 is 0.727 bits per heavy atom. The van der Waals surface area contributed by atoms with Crippen LogP contribution in [-0.2, 0) is 0 Å². The van der Waals surface area contributed by atoms with Gasteiger partial charge in [0.15, 0.2) is 0 Å². The van der Waals surface area contributed by atoms with Crippen LogP contribution in [0.5, 0.6) is 0 Å². The number of para-hydroxylation sites is 1. The molecule has 3 aromatic rings. The van der Waals surface area contributed by atoms with Crippen LogP contribution in [0.4, 0.5) is 23.1 Å². The summed E-state index contributed by atoms with van der Waals surface area (Å²) in [7, 11) is 0. The zero-order valence-electron chi connectivity index (χ0n) is 12.7. The standard InChI is InChI=1S/C18H18N4/c1-13-8-10-16(11-9-13)20-17-12-14(2)19-18(22-17)21-15-6-4-3-5-7-15/h3-12H,1-2H3,(H2,19,20,21,22). The molecule has 1 heterocycles. The number of aryl methyl sites for hydroxylation is 2. The van der Waals surface area contributed by atoms with Crippen LogP contribution in [-0.4, -0.2) is 9.97 Å². The van der Waals surface area contributed by atoms with E-state index in [0.717, 1.165) is 22.9 Å². The topological polar surface area (TPSA) is 49.8 Å². The molecule has 0 radical (unpaired) electrons. The number of nitrogens with one attached hydrogen (secondary N) is 2. The van der Waals surface area contributed by atoms with Gasteiger partial charge in [0.1, 0.15) is 5.82 Å². The Morgan fingerprint density at radius 2 is 1.41 bits per heavy atom. The van der Waals surface area contributed by atoms with Crippen LogP contribution in [0.3, 0.4) is 0 Å². The van der Waals surface area contributed by atoms with Gasteiger partial charge in [0.05, 0.1) is 0 Å². The van der Waals surface area contributed by atoms with Crippen molar-refractivity contribution in [2.45, 2.75) is 13.8 Å². The second-order valence-electron chi connectivity index (χ2n) is 5.20. The third-order valence-corrected chi connectivity index (χ3v) is 3.21. The summed E-state index contributed by atoms with van der Waals surface area (Å²) in [6.07, 6.45) is 0. The van der Waals surface area contributed by atoms with Crippen LogP contribution in [0.25, 0.3) is 0 Å². The van der Waals surface area contributed by atoms with Gasteiger partial charge >= 0.3 is 0 Å². The van der Waals surface area contributed by atoms with Crippen LogP contribution in [0, 0.1) is 13.8 Å². The molecule has 0 spiro atoms. The summed E-state index contributed by atoms with van der Waals surface area (Å²) >= 11 is 0. The first-order valence-corrected chi connectivity index (χ1v) is 7.20. The number of anilines is 4. The van der Waals surface area contributed by atoms with Crippen LogP contribution < -0.4 is 10.6 Å². The second-order valence-corrected chi connectivity index (χ2v) is 5.20. The Kier molecular flexibility index (Phi) is 4.01. The molecular weight excluding hydrogens is 272 g/mol. The molecule has 2 aromatic carbocycles. The van der Waals surface area contributed by atoms with Gasteiger partial charge in [-0.05, 0) is 38.1 Å². The fourth-order valence-corrected chi connectivity index (χ4v) is 2.12. The first-order valence-electron chi connectivity index (χ1n) is 7.20. The maximum Gasteiger partial charge on any atom is 0.229 e. The van der Waals surface area contributed by atoms with Gasteiger partial charge in [0.25, 0.3) is 0 Å². The largest absolute Gasteiger partial charge is 0.340 e. The second kappa shape index (κ2) is 6.26. The lowest BCUT2D eigenvalue weighted by Crippen LogP contribution is -2.02. The van der Waals surface area contributed by atoms with E-state index in [0.29, 0.717) is 5.95 Å². The van der Waals surface area contributed by atoms with Gasteiger partial charge < -0.3 is 10.6 Å². The fourth-order valence-electron chi connectivity index (χ4n) is 2.12. The summed E-state index contributed by atoms with van der Waals surface area (Å²) in [5.41, 5.74) is 4.11. The van der Waals surface area contributed by atoms with Crippen molar-refractivity contribution in [3.8, 4) is 0 Å². The number of aromatic nitrogens is 2. The molecular formula is C18H18N4. The molecule has 0 saturated heterocycles. The molecule has 0 unspecified atom stereocenters. The molecule has 0 amide bonds. The third-order valence-electron chi connectivity index (χ3n) is 3.21. The predicted octanol–water partition coefficient (Wildman–Crippen LogP) is 4.58. The number of nitrogens with zero attached hydrogens (tertiary/aromatic N) is 2. The van der Waals surface area contributed by atoms with E-state index >= 15 is 0 Å². The normalized spacial score (nSPS) is 10.3. The van der Waals surface area contributed by atoms with Crippen LogP contribution >= 0.6 is 0 Å². The highest BCUT2D eigenvalue weighted by molar-refractivity contribution is 5.60. The van der Waals surface area contributed by atoms with Gasteiger partial charge in [0, 0.05) is 23.1 Å². The smallest absolute Gasteiger partial charge is 0.229 e. The highest BCUT2D eigenvalue weighted by atomic mass is 15.1. The summed E-state index contributed by atoms with van der Waals surface area (Å²) < 4.78 is 0. The minimum Gasteiger partial charge on any atom is -0.340 e. The summed E-state index contributed by atoms with van der Waals surface area (Å²) in [4.78, 5) is 8.94. The zero-order chi connectivity index (χ0) is 15.4. The first kappa shape index (κ1) is 14.1. The van der Waals surface area contributed by atoms with Crippen molar-refractivity contribution >= 4 is 23.1 Å². The number of rotatable bonds is 4. The molecule has 0 bridgehead atoms. The van der Waals surface area contributed by atoms with Crippen molar-refractivity contribution in [2.24, 2.45) is 0 Å². The highest BCUT2D eigenvalue weighted by Crippen LogP contribution is 2.19. The van der Waals surface area contributed by atoms with E-state index in [2.05, 4.69) is 39.7 Å². The summed E-state index contributed by atoms with van der Waals surface area (Å²) in [5, 5.41) is 6.52. The van der Waals surface area contributed by atoms with Crippen molar-refractivity contribution in [2.75, 3.05) is 10.6 Å². The Morgan fingerprint density at radius 3 is 2.14 bits per heavy atom. The average molecular weight is 290 g/mol. The van der Waals surface area contributed by atoms with Gasteiger partial charge in [-0.1, -0.05) is 35.9 Å². The van der Waals surface area contributed by atoms with E-state index in [1.54, 1.807) is 0 Å². The van der Waals surface area contributed by atoms with E-state index < -0.39 is 0 Å². The molecule has 0 atom stereocenters. The molecule has 3 rings (SSSR count). The Bertz CT molecular complexity index is 752. The molecule has 1 aromatic heterocycles. The summed E-state index contributed by atoms with van der Waals surface area (Å²) in [6, 6.07) is 20.0. The molecule has 0 saturated carbocycles. The maximum absolute atomic E-state index is 4.51. The Labute approximate surface area is 130 Å². The predicted molar refractivity (Wildman–Crippen MR) is 91.0 cm³/mol. The fraction of sp³-hybridized carbons (Fsp3) is 0.111. The van der Waals surface area contributed by atoms with Crippen LogP contribution in [0.2, 0.25) is 0 Å². The maximum atomic E-state index is 4.51. The van der Waals surface area contributed by atoms with Crippen molar-refractivity contribution < 1.29 is 0 Å². The molecule has 0 aliphatic rings. The molecule has 110 valence electrons. The third kappa shape index (κ3) is 3.61. The number of hydrogen-bond acceptors (Lipinski definition) is 4. The van der Waals surface area contributed by atoms with Crippen molar-refractivity contribution in [1.29, 1.82) is 0 Å². The Hall–Kier alpha value is -2.88. The lowest BCUT2D eigenvalue weighted by molar-refractivity contribution is 1.11. The average Bonchev–Trinajstić information content (AvgIpc) is 2.50. The van der Waals surface area contributed by atoms with E-state index in [9.17, 15) is 0 Å². The first-order chi connectivity index (χ1) is 10.7. The number of benzene rings is 2.